The first-order chi connectivity index (χ1) is 9.62. The van der Waals surface area contributed by atoms with Crippen LogP contribution in [0.2, 0.25) is 0 Å². The molecule has 4 heteroatoms. The van der Waals surface area contributed by atoms with Gasteiger partial charge < -0.3 is 16.0 Å². The number of nitrogen functional groups attached to an aromatic ring is 1. The van der Waals surface area contributed by atoms with Crippen LogP contribution < -0.4 is 11.1 Å². The number of hydrogen-bond acceptors (Lipinski definition) is 4. The molecule has 0 bridgehead atoms. The van der Waals surface area contributed by atoms with Crippen molar-refractivity contribution in [3.05, 3.63) is 30.5 Å². The Morgan fingerprint density at radius 2 is 2.10 bits per heavy atom. The van der Waals surface area contributed by atoms with Crippen molar-refractivity contribution in [1.29, 1.82) is 0 Å². The molecule has 1 heterocycles. The fourth-order valence-electron chi connectivity index (χ4n) is 2.98. The summed E-state index contributed by atoms with van der Waals surface area (Å²) in [5.74, 6) is 0. The molecule has 20 heavy (non-hydrogen) atoms. The van der Waals surface area contributed by atoms with Crippen LogP contribution in [0.25, 0.3) is 10.9 Å². The number of nitrogens with two attached hydrogens (primary N) is 1. The third-order valence-electron chi connectivity index (χ3n) is 4.64. The molecule has 0 amide bonds. The monoisotopic (exact) mass is 270 g/mol. The number of anilines is 2. The van der Waals surface area contributed by atoms with Crippen LogP contribution in [0.4, 0.5) is 11.4 Å². The average molecular weight is 270 g/mol. The minimum atomic E-state index is 0.302. The van der Waals surface area contributed by atoms with E-state index >= 15 is 0 Å². The van der Waals surface area contributed by atoms with Gasteiger partial charge in [-0.05, 0) is 45.5 Å². The Bertz CT molecular complexity index is 617. The predicted molar refractivity (Wildman–Crippen MR) is 84.9 cm³/mol. The van der Waals surface area contributed by atoms with Crippen LogP contribution in [0.15, 0.2) is 30.5 Å². The number of fused-ring (bicyclic) bond motifs is 1. The first-order valence-electron chi connectivity index (χ1n) is 7.17. The number of benzene rings is 1. The molecule has 1 saturated carbocycles. The Labute approximate surface area is 120 Å². The second-order valence-electron chi connectivity index (χ2n) is 5.93. The zero-order chi connectivity index (χ0) is 14.2. The molecule has 4 nitrogen and oxygen atoms in total. The zero-order valence-electron chi connectivity index (χ0n) is 12.2. The summed E-state index contributed by atoms with van der Waals surface area (Å²) in [6.07, 6.45) is 5.67. The topological polar surface area (TPSA) is 54.2 Å². The van der Waals surface area contributed by atoms with Gasteiger partial charge in [-0.3, -0.25) is 4.98 Å². The molecule has 3 rings (SSSR count). The Hall–Kier alpha value is -1.81. The van der Waals surface area contributed by atoms with E-state index in [-0.39, 0.29) is 0 Å². The highest BCUT2D eigenvalue weighted by molar-refractivity contribution is 5.97. The maximum absolute atomic E-state index is 5.99. The van der Waals surface area contributed by atoms with Crippen molar-refractivity contribution in [3.8, 4) is 0 Å². The molecule has 0 saturated heterocycles. The molecule has 1 aliphatic carbocycles. The molecule has 0 aliphatic heterocycles. The largest absolute Gasteiger partial charge is 0.397 e. The maximum Gasteiger partial charge on any atom is 0.0951 e. The molecule has 1 aromatic heterocycles. The fourth-order valence-corrected chi connectivity index (χ4v) is 2.98. The van der Waals surface area contributed by atoms with Crippen molar-refractivity contribution in [2.24, 2.45) is 0 Å². The van der Waals surface area contributed by atoms with Gasteiger partial charge in [-0.1, -0.05) is 12.1 Å². The summed E-state index contributed by atoms with van der Waals surface area (Å²) in [5, 5.41) is 4.70. The van der Waals surface area contributed by atoms with Gasteiger partial charge >= 0.3 is 0 Å². The number of nitrogens with one attached hydrogen (secondary N) is 1. The van der Waals surface area contributed by atoms with Gasteiger partial charge in [0.2, 0.25) is 0 Å². The van der Waals surface area contributed by atoms with E-state index in [4.69, 9.17) is 5.73 Å². The molecule has 0 radical (unpaired) electrons. The molecule has 0 unspecified atom stereocenters. The summed E-state index contributed by atoms with van der Waals surface area (Å²) in [5.41, 5.74) is 9.03. The van der Waals surface area contributed by atoms with Crippen molar-refractivity contribution in [2.45, 2.75) is 24.8 Å². The van der Waals surface area contributed by atoms with Crippen molar-refractivity contribution in [2.75, 3.05) is 31.7 Å². The highest BCUT2D eigenvalue weighted by atomic mass is 15.2. The number of para-hydroxylation sites is 1. The molecular formula is C16H22N4. The van der Waals surface area contributed by atoms with Gasteiger partial charge in [-0.2, -0.15) is 0 Å². The first-order valence-corrected chi connectivity index (χ1v) is 7.17. The van der Waals surface area contributed by atoms with E-state index < -0.39 is 0 Å². The number of likely N-dealkylation sites (N-methyl/N-ethyl adjacent to an activating group) is 1. The third kappa shape index (κ3) is 2.10. The van der Waals surface area contributed by atoms with Crippen LogP contribution in [0.5, 0.6) is 0 Å². The van der Waals surface area contributed by atoms with Crippen LogP contribution in [-0.2, 0) is 0 Å². The molecule has 1 aliphatic rings. The molecule has 1 fully saturated rings. The van der Waals surface area contributed by atoms with Gasteiger partial charge in [0.15, 0.2) is 0 Å². The van der Waals surface area contributed by atoms with Gasteiger partial charge in [0.05, 0.1) is 11.2 Å². The summed E-state index contributed by atoms with van der Waals surface area (Å²) >= 11 is 0. The number of pyridine rings is 1. The Morgan fingerprint density at radius 3 is 2.75 bits per heavy atom. The lowest BCUT2D eigenvalue weighted by Gasteiger charge is -2.47. The van der Waals surface area contributed by atoms with E-state index in [0.29, 0.717) is 5.54 Å². The minimum Gasteiger partial charge on any atom is -0.397 e. The fraction of sp³-hybridized carbons (Fsp3) is 0.438. The van der Waals surface area contributed by atoms with Crippen LogP contribution in [-0.4, -0.2) is 36.1 Å². The number of nitrogens with zero attached hydrogens (tertiary/aromatic N) is 2. The second kappa shape index (κ2) is 4.94. The lowest BCUT2D eigenvalue weighted by molar-refractivity contribution is 0.0739. The van der Waals surface area contributed by atoms with Gasteiger partial charge in [0.25, 0.3) is 0 Å². The highest BCUT2D eigenvalue weighted by Gasteiger charge is 2.38. The minimum absolute atomic E-state index is 0.302. The average Bonchev–Trinajstić information content (AvgIpc) is 2.38. The summed E-state index contributed by atoms with van der Waals surface area (Å²) in [4.78, 5) is 6.73. The number of rotatable bonds is 4. The summed E-state index contributed by atoms with van der Waals surface area (Å²) < 4.78 is 0. The molecule has 1 aromatic carbocycles. The van der Waals surface area contributed by atoms with Gasteiger partial charge in [0, 0.05) is 29.4 Å². The van der Waals surface area contributed by atoms with E-state index in [1.165, 1.54) is 19.3 Å². The van der Waals surface area contributed by atoms with Gasteiger partial charge in [0.1, 0.15) is 0 Å². The maximum atomic E-state index is 5.99. The van der Waals surface area contributed by atoms with E-state index in [2.05, 4.69) is 35.4 Å². The summed E-state index contributed by atoms with van der Waals surface area (Å²) in [6.45, 7) is 0.966. The van der Waals surface area contributed by atoms with Gasteiger partial charge in [-0.25, -0.2) is 0 Å². The lowest BCUT2D eigenvalue weighted by atomic mass is 9.75. The van der Waals surface area contributed by atoms with E-state index in [1.54, 1.807) is 0 Å². The van der Waals surface area contributed by atoms with E-state index in [1.807, 2.05) is 24.4 Å². The molecule has 3 N–H and O–H groups in total. The summed E-state index contributed by atoms with van der Waals surface area (Å²) in [7, 11) is 4.34. The van der Waals surface area contributed by atoms with Gasteiger partial charge in [-0.15, -0.1) is 0 Å². The molecular weight excluding hydrogens is 248 g/mol. The zero-order valence-corrected chi connectivity index (χ0v) is 12.2. The van der Waals surface area contributed by atoms with Crippen molar-refractivity contribution < 1.29 is 0 Å². The first kappa shape index (κ1) is 13.2. The molecule has 0 atom stereocenters. The third-order valence-corrected chi connectivity index (χ3v) is 4.64. The lowest BCUT2D eigenvalue weighted by Crippen LogP contribution is -2.54. The normalized spacial score (nSPS) is 17.1. The summed E-state index contributed by atoms with van der Waals surface area (Å²) in [6, 6.07) is 7.98. The Kier molecular flexibility index (Phi) is 3.26. The van der Waals surface area contributed by atoms with Crippen LogP contribution >= 0.6 is 0 Å². The molecule has 0 spiro atoms. The number of aromatic nitrogens is 1. The Balaban J connectivity index is 1.86. The van der Waals surface area contributed by atoms with Crippen LogP contribution in [0.1, 0.15) is 19.3 Å². The number of hydrogen-bond donors (Lipinski definition) is 2. The van der Waals surface area contributed by atoms with E-state index in [0.717, 1.165) is 28.8 Å². The van der Waals surface area contributed by atoms with E-state index in [9.17, 15) is 0 Å². The Morgan fingerprint density at radius 1 is 1.30 bits per heavy atom. The second-order valence-corrected chi connectivity index (χ2v) is 5.93. The predicted octanol–water partition coefficient (Wildman–Crippen LogP) is 2.71. The van der Waals surface area contributed by atoms with Crippen LogP contribution in [0, 0.1) is 0 Å². The molecule has 2 aromatic rings. The SMILES string of the molecule is CN(C)C1(CNc2ccnc3c(N)cccc23)CCC1. The van der Waals surface area contributed by atoms with Crippen LogP contribution in [0.3, 0.4) is 0 Å². The van der Waals surface area contributed by atoms with Crippen molar-refractivity contribution in [1.82, 2.24) is 9.88 Å². The highest BCUT2D eigenvalue weighted by Crippen LogP contribution is 2.36. The van der Waals surface area contributed by atoms with Crippen molar-refractivity contribution >= 4 is 22.3 Å². The standard InChI is InChI=1S/C16H22N4/c1-20(2)16(8-4-9-16)11-19-14-7-10-18-15-12(14)5-3-6-13(15)17/h3,5-7,10H,4,8-9,11,17H2,1-2H3,(H,18,19). The quantitative estimate of drug-likeness (QED) is 0.839. The van der Waals surface area contributed by atoms with Crippen molar-refractivity contribution in [3.63, 3.8) is 0 Å². The molecule has 106 valence electrons. The smallest absolute Gasteiger partial charge is 0.0951 e.